The summed E-state index contributed by atoms with van der Waals surface area (Å²) in [5.41, 5.74) is 1.75. The van der Waals surface area contributed by atoms with Gasteiger partial charge in [-0.3, -0.25) is 9.59 Å². The van der Waals surface area contributed by atoms with E-state index in [1.807, 2.05) is 66.7 Å². The predicted molar refractivity (Wildman–Crippen MR) is 118 cm³/mol. The first-order valence-corrected chi connectivity index (χ1v) is 10.0. The molecule has 0 amide bonds. The van der Waals surface area contributed by atoms with E-state index in [2.05, 4.69) is 18.6 Å². The SMILES string of the molecule is CCCCCC.CCOC(C)=O.O=C(C=Cc1ccccc1)c1ccccc1. The summed E-state index contributed by atoms with van der Waals surface area (Å²) in [6.45, 7) is 8.12. The fraction of sp³-hybridized carbons (Fsp3) is 0.360. The summed E-state index contributed by atoms with van der Waals surface area (Å²) in [4.78, 5) is 21.6. The van der Waals surface area contributed by atoms with Crippen molar-refractivity contribution in [3.8, 4) is 0 Å². The minimum Gasteiger partial charge on any atom is -0.466 e. The van der Waals surface area contributed by atoms with E-state index in [1.54, 1.807) is 13.0 Å². The summed E-state index contributed by atoms with van der Waals surface area (Å²) < 4.78 is 4.40. The molecular weight excluding hydrogens is 348 g/mol. The van der Waals surface area contributed by atoms with Gasteiger partial charge in [-0.1, -0.05) is 106 Å². The molecule has 0 N–H and O–H groups in total. The molecule has 2 aromatic carbocycles. The van der Waals surface area contributed by atoms with Gasteiger partial charge in [0, 0.05) is 12.5 Å². The van der Waals surface area contributed by atoms with Gasteiger partial charge in [-0.2, -0.15) is 0 Å². The zero-order chi connectivity index (χ0) is 21.0. The minimum atomic E-state index is -0.211. The highest BCUT2D eigenvalue weighted by Crippen LogP contribution is 2.05. The normalized spacial score (nSPS) is 9.57. The van der Waals surface area contributed by atoms with Crippen LogP contribution in [0.5, 0.6) is 0 Å². The molecule has 2 aromatic rings. The van der Waals surface area contributed by atoms with E-state index < -0.39 is 0 Å². The third-order valence-corrected chi connectivity index (χ3v) is 3.59. The van der Waals surface area contributed by atoms with Gasteiger partial charge in [0.2, 0.25) is 0 Å². The van der Waals surface area contributed by atoms with E-state index >= 15 is 0 Å². The molecule has 0 spiro atoms. The predicted octanol–water partition coefficient (Wildman–Crippen LogP) is 6.74. The van der Waals surface area contributed by atoms with Crippen LogP contribution in [0.15, 0.2) is 66.7 Å². The third-order valence-electron chi connectivity index (χ3n) is 3.59. The Morgan fingerprint density at radius 1 is 0.821 bits per heavy atom. The maximum atomic E-state index is 11.7. The molecule has 0 aliphatic carbocycles. The number of unbranched alkanes of at least 4 members (excludes halogenated alkanes) is 3. The summed E-state index contributed by atoms with van der Waals surface area (Å²) in [7, 11) is 0. The lowest BCUT2D eigenvalue weighted by Crippen LogP contribution is -1.95. The molecule has 0 saturated carbocycles. The highest BCUT2D eigenvalue weighted by molar-refractivity contribution is 6.06. The van der Waals surface area contributed by atoms with Crippen LogP contribution in [0.2, 0.25) is 0 Å². The largest absolute Gasteiger partial charge is 0.466 e. The van der Waals surface area contributed by atoms with E-state index in [4.69, 9.17) is 0 Å². The molecule has 0 radical (unpaired) electrons. The van der Waals surface area contributed by atoms with Gasteiger partial charge in [-0.15, -0.1) is 0 Å². The number of rotatable bonds is 7. The zero-order valence-corrected chi connectivity index (χ0v) is 17.7. The third kappa shape index (κ3) is 14.5. The van der Waals surface area contributed by atoms with Crippen molar-refractivity contribution in [2.45, 2.75) is 53.4 Å². The Morgan fingerprint density at radius 2 is 1.32 bits per heavy atom. The van der Waals surface area contributed by atoms with E-state index in [0.717, 1.165) is 11.1 Å². The van der Waals surface area contributed by atoms with Crippen molar-refractivity contribution in [3.05, 3.63) is 77.9 Å². The average molecular weight is 383 g/mol. The van der Waals surface area contributed by atoms with Gasteiger partial charge < -0.3 is 4.74 Å². The van der Waals surface area contributed by atoms with Crippen molar-refractivity contribution in [1.82, 2.24) is 0 Å². The van der Waals surface area contributed by atoms with Crippen molar-refractivity contribution in [2.75, 3.05) is 6.61 Å². The van der Waals surface area contributed by atoms with Gasteiger partial charge in [0.15, 0.2) is 5.78 Å². The Kier molecular flexibility index (Phi) is 16.0. The number of hydrogen-bond acceptors (Lipinski definition) is 3. The summed E-state index contributed by atoms with van der Waals surface area (Å²) >= 11 is 0. The first kappa shape index (κ1) is 25.3. The Balaban J connectivity index is 0.000000505. The average Bonchev–Trinajstić information content (AvgIpc) is 2.72. The molecule has 2 rings (SSSR count). The van der Waals surface area contributed by atoms with Crippen LogP contribution >= 0.6 is 0 Å². The second-order valence-corrected chi connectivity index (χ2v) is 6.11. The van der Waals surface area contributed by atoms with Crippen LogP contribution in [0, 0.1) is 0 Å². The van der Waals surface area contributed by atoms with Crippen molar-refractivity contribution in [3.63, 3.8) is 0 Å². The maximum Gasteiger partial charge on any atom is 0.302 e. The van der Waals surface area contributed by atoms with E-state index in [-0.39, 0.29) is 11.8 Å². The number of esters is 1. The fourth-order valence-corrected chi connectivity index (χ4v) is 2.14. The minimum absolute atomic E-state index is 0.0319. The molecule has 152 valence electrons. The molecule has 28 heavy (non-hydrogen) atoms. The van der Waals surface area contributed by atoms with Gasteiger partial charge in [-0.05, 0) is 18.6 Å². The van der Waals surface area contributed by atoms with Gasteiger partial charge in [-0.25, -0.2) is 0 Å². The van der Waals surface area contributed by atoms with Crippen LogP contribution in [0.3, 0.4) is 0 Å². The molecule has 3 nitrogen and oxygen atoms in total. The van der Waals surface area contributed by atoms with Crippen molar-refractivity contribution in [2.24, 2.45) is 0 Å². The Labute approximate surface area is 170 Å². The van der Waals surface area contributed by atoms with Crippen LogP contribution < -0.4 is 0 Å². The van der Waals surface area contributed by atoms with Gasteiger partial charge >= 0.3 is 5.97 Å². The molecule has 3 heteroatoms. The van der Waals surface area contributed by atoms with Gasteiger partial charge in [0.1, 0.15) is 0 Å². The van der Waals surface area contributed by atoms with E-state index in [0.29, 0.717) is 6.61 Å². The van der Waals surface area contributed by atoms with Crippen molar-refractivity contribution >= 4 is 17.8 Å². The van der Waals surface area contributed by atoms with Crippen LogP contribution in [0.25, 0.3) is 6.08 Å². The zero-order valence-electron chi connectivity index (χ0n) is 17.7. The summed E-state index contributed by atoms with van der Waals surface area (Å²) in [6.07, 6.45) is 8.97. The fourth-order valence-electron chi connectivity index (χ4n) is 2.14. The number of carbonyl (C=O) groups is 2. The monoisotopic (exact) mass is 382 g/mol. The molecule has 0 aliphatic heterocycles. The van der Waals surface area contributed by atoms with Gasteiger partial charge in [0.25, 0.3) is 0 Å². The van der Waals surface area contributed by atoms with Crippen molar-refractivity contribution in [1.29, 1.82) is 0 Å². The quantitative estimate of drug-likeness (QED) is 0.230. The molecule has 0 aromatic heterocycles. The van der Waals surface area contributed by atoms with Crippen LogP contribution in [-0.4, -0.2) is 18.4 Å². The topological polar surface area (TPSA) is 43.4 Å². The first-order valence-electron chi connectivity index (χ1n) is 10.0. The number of ether oxygens (including phenoxy) is 1. The lowest BCUT2D eigenvalue weighted by Gasteiger charge is -1.94. The molecule has 0 atom stereocenters. The van der Waals surface area contributed by atoms with E-state index in [9.17, 15) is 9.59 Å². The van der Waals surface area contributed by atoms with Gasteiger partial charge in [0.05, 0.1) is 6.61 Å². The number of benzene rings is 2. The number of carbonyl (C=O) groups excluding carboxylic acids is 2. The molecule has 0 unspecified atom stereocenters. The lowest BCUT2D eigenvalue weighted by molar-refractivity contribution is -0.140. The van der Waals surface area contributed by atoms with E-state index in [1.165, 1.54) is 32.6 Å². The molecule has 0 bridgehead atoms. The molecule has 0 saturated heterocycles. The number of hydrogen-bond donors (Lipinski definition) is 0. The summed E-state index contributed by atoms with van der Waals surface area (Å²) in [6, 6.07) is 19.1. The molecular formula is C25H34O3. The maximum absolute atomic E-state index is 11.7. The Morgan fingerprint density at radius 3 is 1.71 bits per heavy atom. The second kappa shape index (κ2) is 17.7. The standard InChI is InChI=1S/C15H12O.C6H14.C4H8O2/c16-15(14-9-5-2-6-10-14)12-11-13-7-3-1-4-8-13;1-3-5-6-4-2;1-3-6-4(2)5/h1-12H;3-6H2,1-2H3;3H2,1-2H3. The summed E-state index contributed by atoms with van der Waals surface area (Å²) in [5, 5.41) is 0. The molecule has 0 fully saturated rings. The highest BCUT2D eigenvalue weighted by Gasteiger charge is 1.98. The lowest BCUT2D eigenvalue weighted by atomic mass is 10.1. The smallest absolute Gasteiger partial charge is 0.302 e. The van der Waals surface area contributed by atoms with Crippen LogP contribution in [-0.2, 0) is 9.53 Å². The molecule has 0 heterocycles. The van der Waals surface area contributed by atoms with Crippen LogP contribution in [0.1, 0.15) is 69.3 Å². The highest BCUT2D eigenvalue weighted by atomic mass is 16.5. The number of ketones is 1. The number of allylic oxidation sites excluding steroid dienone is 1. The Hall–Kier alpha value is -2.68. The Bertz CT molecular complexity index is 657. The van der Waals surface area contributed by atoms with Crippen LogP contribution in [0.4, 0.5) is 0 Å². The molecule has 0 aliphatic rings. The second-order valence-electron chi connectivity index (χ2n) is 6.11. The summed E-state index contributed by atoms with van der Waals surface area (Å²) in [5.74, 6) is -0.179. The first-order chi connectivity index (χ1) is 13.5. The van der Waals surface area contributed by atoms with Crippen molar-refractivity contribution < 1.29 is 14.3 Å².